The second-order valence-corrected chi connectivity index (χ2v) is 5.11. The van der Waals surface area contributed by atoms with Crippen molar-refractivity contribution in [3.8, 4) is 22.9 Å². The number of benzene rings is 1. The molecule has 0 saturated carbocycles. The molecule has 2 aromatic rings. The number of aryl methyl sites for hydroxylation is 1. The average Bonchev–Trinajstić information content (AvgIpc) is 2.71. The van der Waals surface area contributed by atoms with Gasteiger partial charge in [-0.25, -0.2) is 0 Å². The van der Waals surface area contributed by atoms with Gasteiger partial charge < -0.3 is 14.9 Å². The zero-order valence-electron chi connectivity index (χ0n) is 11.9. The first-order valence-electron chi connectivity index (χ1n) is 6.55. The lowest BCUT2D eigenvalue weighted by molar-refractivity contribution is 0.271. The number of furan rings is 1. The van der Waals surface area contributed by atoms with E-state index >= 15 is 0 Å². The summed E-state index contributed by atoms with van der Waals surface area (Å²) in [4.78, 5) is 0. The highest BCUT2D eigenvalue weighted by Gasteiger charge is 2.17. The summed E-state index contributed by atoms with van der Waals surface area (Å²) in [5, 5.41) is 9.16. The van der Waals surface area contributed by atoms with Crippen molar-refractivity contribution in [3.05, 3.63) is 35.6 Å². The van der Waals surface area contributed by atoms with E-state index in [2.05, 4.69) is 19.9 Å². The van der Waals surface area contributed by atoms with E-state index in [9.17, 15) is 0 Å². The number of nitrogens with two attached hydrogens (primary N) is 1. The predicted molar refractivity (Wildman–Crippen MR) is 78.3 cm³/mol. The predicted octanol–water partition coefficient (Wildman–Crippen LogP) is 3.74. The summed E-state index contributed by atoms with van der Waals surface area (Å²) in [5.41, 5.74) is 7.72. The van der Waals surface area contributed by atoms with Gasteiger partial charge in [0.05, 0.1) is 6.61 Å². The Labute approximate surface area is 118 Å². The molecule has 104 valence electrons. The molecule has 2 rings (SSSR count). The largest absolute Gasteiger partial charge is 0.493 e. The van der Waals surface area contributed by atoms with E-state index in [1.807, 2.05) is 24.3 Å². The van der Waals surface area contributed by atoms with Gasteiger partial charge in [0, 0.05) is 5.56 Å². The van der Waals surface area contributed by atoms with E-state index in [0.29, 0.717) is 23.8 Å². The third kappa shape index (κ3) is 2.77. The SMILES string of the molecule is Cc1oc(N)c(C#N)c1-c1ccc(OCC(C)C)cc1. The minimum absolute atomic E-state index is 0.167. The normalized spacial score (nSPS) is 10.6. The van der Waals surface area contributed by atoms with Gasteiger partial charge in [-0.1, -0.05) is 26.0 Å². The number of ether oxygens (including phenoxy) is 1. The molecule has 1 heterocycles. The highest BCUT2D eigenvalue weighted by atomic mass is 16.5. The monoisotopic (exact) mass is 270 g/mol. The average molecular weight is 270 g/mol. The van der Waals surface area contributed by atoms with Crippen LogP contribution in [0.15, 0.2) is 28.7 Å². The van der Waals surface area contributed by atoms with Crippen LogP contribution in [0.1, 0.15) is 25.2 Å². The Morgan fingerprint density at radius 1 is 1.30 bits per heavy atom. The summed E-state index contributed by atoms with van der Waals surface area (Å²) in [6, 6.07) is 9.69. The highest BCUT2D eigenvalue weighted by molar-refractivity contribution is 5.77. The molecule has 0 bridgehead atoms. The fraction of sp³-hybridized carbons (Fsp3) is 0.312. The standard InChI is InChI=1S/C16H18N2O2/c1-10(2)9-19-13-6-4-12(5-7-13)15-11(3)20-16(18)14(15)8-17/h4-7,10H,9,18H2,1-3H3. The summed E-state index contributed by atoms with van der Waals surface area (Å²) in [6.45, 7) is 6.69. The molecular weight excluding hydrogens is 252 g/mol. The third-order valence-corrected chi connectivity index (χ3v) is 2.95. The molecule has 0 aliphatic heterocycles. The Hall–Kier alpha value is -2.41. The fourth-order valence-electron chi connectivity index (χ4n) is 2.01. The molecule has 0 atom stereocenters. The van der Waals surface area contributed by atoms with Gasteiger partial charge in [-0.3, -0.25) is 0 Å². The van der Waals surface area contributed by atoms with Gasteiger partial charge >= 0.3 is 0 Å². The van der Waals surface area contributed by atoms with E-state index in [0.717, 1.165) is 16.9 Å². The van der Waals surface area contributed by atoms with Crippen molar-refractivity contribution in [1.29, 1.82) is 5.26 Å². The van der Waals surface area contributed by atoms with E-state index in [4.69, 9.17) is 20.1 Å². The van der Waals surface area contributed by atoms with Crippen LogP contribution >= 0.6 is 0 Å². The maximum atomic E-state index is 9.16. The molecule has 0 spiro atoms. The zero-order chi connectivity index (χ0) is 14.7. The molecule has 1 aromatic heterocycles. The molecule has 0 aliphatic rings. The first-order chi connectivity index (χ1) is 9.52. The van der Waals surface area contributed by atoms with Crippen LogP contribution in [0.5, 0.6) is 5.75 Å². The van der Waals surface area contributed by atoms with Gasteiger partial charge in [-0.05, 0) is 30.5 Å². The quantitative estimate of drug-likeness (QED) is 0.918. The van der Waals surface area contributed by atoms with Crippen molar-refractivity contribution < 1.29 is 9.15 Å². The third-order valence-electron chi connectivity index (χ3n) is 2.95. The first-order valence-corrected chi connectivity index (χ1v) is 6.55. The maximum absolute atomic E-state index is 9.16. The Balaban J connectivity index is 2.29. The van der Waals surface area contributed by atoms with Crippen LogP contribution in [0.2, 0.25) is 0 Å². The zero-order valence-corrected chi connectivity index (χ0v) is 11.9. The van der Waals surface area contributed by atoms with E-state index in [1.165, 1.54) is 0 Å². The van der Waals surface area contributed by atoms with Crippen molar-refractivity contribution >= 4 is 5.88 Å². The van der Waals surface area contributed by atoms with Gasteiger partial charge in [0.2, 0.25) is 5.88 Å². The molecule has 4 heteroatoms. The van der Waals surface area contributed by atoms with Gasteiger partial charge in [-0.2, -0.15) is 5.26 Å². The minimum atomic E-state index is 0.167. The number of rotatable bonds is 4. The molecule has 0 amide bonds. The van der Waals surface area contributed by atoms with Crippen LogP contribution in [0.4, 0.5) is 5.88 Å². The smallest absolute Gasteiger partial charge is 0.209 e. The highest BCUT2D eigenvalue weighted by Crippen LogP contribution is 2.34. The van der Waals surface area contributed by atoms with Gasteiger partial charge in [-0.15, -0.1) is 0 Å². The fourth-order valence-corrected chi connectivity index (χ4v) is 2.01. The summed E-state index contributed by atoms with van der Waals surface area (Å²) >= 11 is 0. The number of hydrogen-bond acceptors (Lipinski definition) is 4. The topological polar surface area (TPSA) is 72.2 Å². The summed E-state index contributed by atoms with van der Waals surface area (Å²) < 4.78 is 11.0. The maximum Gasteiger partial charge on any atom is 0.209 e. The molecule has 0 radical (unpaired) electrons. The van der Waals surface area contributed by atoms with E-state index in [-0.39, 0.29) is 5.88 Å². The van der Waals surface area contributed by atoms with Crippen molar-refractivity contribution in [2.24, 2.45) is 5.92 Å². The van der Waals surface area contributed by atoms with E-state index < -0.39 is 0 Å². The Morgan fingerprint density at radius 2 is 1.95 bits per heavy atom. The van der Waals surface area contributed by atoms with Gasteiger partial charge in [0.1, 0.15) is 23.1 Å². The molecule has 4 nitrogen and oxygen atoms in total. The van der Waals surface area contributed by atoms with Crippen LogP contribution in [0, 0.1) is 24.2 Å². The Morgan fingerprint density at radius 3 is 2.50 bits per heavy atom. The van der Waals surface area contributed by atoms with Crippen LogP contribution in [-0.2, 0) is 0 Å². The number of hydrogen-bond donors (Lipinski definition) is 1. The summed E-state index contributed by atoms with van der Waals surface area (Å²) in [7, 11) is 0. The number of nitrogen functional groups attached to an aromatic ring is 1. The van der Waals surface area contributed by atoms with Crippen LogP contribution < -0.4 is 10.5 Å². The molecule has 0 aliphatic carbocycles. The van der Waals surface area contributed by atoms with Gasteiger partial charge in [0.25, 0.3) is 0 Å². The molecular formula is C16H18N2O2. The van der Waals surface area contributed by atoms with Crippen molar-refractivity contribution in [1.82, 2.24) is 0 Å². The van der Waals surface area contributed by atoms with Crippen LogP contribution in [0.3, 0.4) is 0 Å². The van der Waals surface area contributed by atoms with Crippen LogP contribution in [-0.4, -0.2) is 6.61 Å². The summed E-state index contributed by atoms with van der Waals surface area (Å²) in [6.07, 6.45) is 0. The lowest BCUT2D eigenvalue weighted by Gasteiger charge is -2.09. The second kappa shape index (κ2) is 5.70. The lowest BCUT2D eigenvalue weighted by Crippen LogP contribution is -2.04. The molecule has 2 N–H and O–H groups in total. The molecule has 0 saturated heterocycles. The molecule has 0 fully saturated rings. The lowest BCUT2D eigenvalue weighted by atomic mass is 10.0. The molecule has 0 unspecified atom stereocenters. The Bertz CT molecular complexity index is 634. The van der Waals surface area contributed by atoms with Crippen molar-refractivity contribution in [2.75, 3.05) is 12.3 Å². The van der Waals surface area contributed by atoms with Crippen molar-refractivity contribution in [3.63, 3.8) is 0 Å². The molecule has 20 heavy (non-hydrogen) atoms. The summed E-state index contributed by atoms with van der Waals surface area (Å²) in [5.74, 6) is 2.11. The second-order valence-electron chi connectivity index (χ2n) is 5.11. The van der Waals surface area contributed by atoms with Crippen LogP contribution in [0.25, 0.3) is 11.1 Å². The number of nitriles is 1. The minimum Gasteiger partial charge on any atom is -0.493 e. The Kier molecular flexibility index (Phi) is 3.99. The van der Waals surface area contributed by atoms with Gasteiger partial charge in [0.15, 0.2) is 0 Å². The molecule has 1 aromatic carbocycles. The van der Waals surface area contributed by atoms with E-state index in [1.54, 1.807) is 6.92 Å². The number of nitrogens with zero attached hydrogens (tertiary/aromatic N) is 1. The number of anilines is 1. The first kappa shape index (κ1) is 14.0. The van der Waals surface area contributed by atoms with Crippen molar-refractivity contribution in [2.45, 2.75) is 20.8 Å².